The van der Waals surface area contributed by atoms with Gasteiger partial charge in [-0.1, -0.05) is 18.2 Å². The molecule has 2 heterocycles. The van der Waals surface area contributed by atoms with Gasteiger partial charge in [0.05, 0.1) is 6.04 Å². The van der Waals surface area contributed by atoms with Crippen molar-refractivity contribution in [1.29, 1.82) is 0 Å². The molecule has 1 aromatic rings. The summed E-state index contributed by atoms with van der Waals surface area (Å²) in [6.45, 7) is 4.62. The highest BCUT2D eigenvalue weighted by Gasteiger charge is 2.32. The smallest absolute Gasteiger partial charge is 0.240 e. The summed E-state index contributed by atoms with van der Waals surface area (Å²) >= 11 is 0. The van der Waals surface area contributed by atoms with E-state index >= 15 is 0 Å². The maximum atomic E-state index is 12.5. The number of carbonyl (C=O) groups is 1. The normalized spacial score (nSPS) is 24.1. The minimum atomic E-state index is 0.123. The average molecular weight is 273 g/mol. The van der Waals surface area contributed by atoms with Gasteiger partial charge in [-0.15, -0.1) is 0 Å². The SMILES string of the molecule is CN1CCCC1C(=O)N1CCN(c2ccccc2)CC1. The third-order valence-electron chi connectivity index (χ3n) is 4.52. The van der Waals surface area contributed by atoms with Crippen LogP contribution in [0.3, 0.4) is 0 Å². The summed E-state index contributed by atoms with van der Waals surface area (Å²) in [5.74, 6) is 0.331. The van der Waals surface area contributed by atoms with Crippen LogP contribution < -0.4 is 4.90 Å². The summed E-state index contributed by atoms with van der Waals surface area (Å²) in [6.07, 6.45) is 2.17. The van der Waals surface area contributed by atoms with E-state index in [0.717, 1.165) is 45.6 Å². The molecule has 0 N–H and O–H groups in total. The number of benzene rings is 1. The summed E-state index contributed by atoms with van der Waals surface area (Å²) in [5, 5.41) is 0. The average Bonchev–Trinajstić information content (AvgIpc) is 2.94. The molecule has 2 fully saturated rings. The number of likely N-dealkylation sites (tertiary alicyclic amines) is 1. The molecule has 1 atom stereocenters. The fourth-order valence-electron chi connectivity index (χ4n) is 3.26. The van der Waals surface area contributed by atoms with Gasteiger partial charge < -0.3 is 9.80 Å². The molecule has 0 aliphatic carbocycles. The quantitative estimate of drug-likeness (QED) is 0.815. The summed E-state index contributed by atoms with van der Waals surface area (Å²) in [6, 6.07) is 10.6. The van der Waals surface area contributed by atoms with Crippen LogP contribution in [0.15, 0.2) is 30.3 Å². The number of nitrogens with zero attached hydrogens (tertiary/aromatic N) is 3. The molecule has 1 aromatic carbocycles. The van der Waals surface area contributed by atoms with Crippen LogP contribution in [0.4, 0.5) is 5.69 Å². The number of anilines is 1. The predicted molar refractivity (Wildman–Crippen MR) is 80.9 cm³/mol. The summed E-state index contributed by atoms with van der Waals surface area (Å²) < 4.78 is 0. The van der Waals surface area contributed by atoms with Crippen molar-refractivity contribution in [2.75, 3.05) is 44.7 Å². The molecule has 2 aliphatic rings. The number of likely N-dealkylation sites (N-methyl/N-ethyl adjacent to an activating group) is 1. The topological polar surface area (TPSA) is 26.8 Å². The largest absolute Gasteiger partial charge is 0.368 e. The lowest BCUT2D eigenvalue weighted by molar-refractivity contribution is -0.135. The molecule has 4 heteroatoms. The molecule has 0 spiro atoms. The number of piperazine rings is 1. The minimum absolute atomic E-state index is 0.123. The summed E-state index contributed by atoms with van der Waals surface area (Å²) in [5.41, 5.74) is 1.26. The van der Waals surface area contributed by atoms with Crippen molar-refractivity contribution in [1.82, 2.24) is 9.80 Å². The summed E-state index contributed by atoms with van der Waals surface area (Å²) in [4.78, 5) is 19.1. The molecule has 0 bridgehead atoms. The monoisotopic (exact) mass is 273 g/mol. The van der Waals surface area contributed by atoms with Crippen LogP contribution in [0.1, 0.15) is 12.8 Å². The van der Waals surface area contributed by atoms with Crippen molar-refractivity contribution in [3.8, 4) is 0 Å². The molecule has 20 heavy (non-hydrogen) atoms. The Morgan fingerprint density at radius 1 is 1.05 bits per heavy atom. The second-order valence-electron chi connectivity index (χ2n) is 5.79. The van der Waals surface area contributed by atoms with Gasteiger partial charge in [-0.3, -0.25) is 9.69 Å². The zero-order chi connectivity index (χ0) is 13.9. The number of carbonyl (C=O) groups excluding carboxylic acids is 1. The Hall–Kier alpha value is -1.55. The van der Waals surface area contributed by atoms with E-state index in [1.54, 1.807) is 0 Å². The van der Waals surface area contributed by atoms with E-state index in [4.69, 9.17) is 0 Å². The van der Waals surface area contributed by atoms with Gasteiger partial charge in [0, 0.05) is 31.9 Å². The van der Waals surface area contributed by atoms with E-state index in [2.05, 4.69) is 41.1 Å². The number of rotatable bonds is 2. The third-order valence-corrected chi connectivity index (χ3v) is 4.52. The first kappa shape index (κ1) is 13.4. The standard InChI is InChI=1S/C16H23N3O/c1-17-9-5-8-15(17)16(20)19-12-10-18(11-13-19)14-6-3-2-4-7-14/h2-4,6-7,15H,5,8-13H2,1H3. The van der Waals surface area contributed by atoms with E-state index in [1.165, 1.54) is 5.69 Å². The molecule has 4 nitrogen and oxygen atoms in total. The van der Waals surface area contributed by atoms with Gasteiger partial charge in [0.2, 0.25) is 5.91 Å². The highest BCUT2D eigenvalue weighted by Crippen LogP contribution is 2.20. The molecule has 0 saturated carbocycles. The molecular formula is C16H23N3O. The van der Waals surface area contributed by atoms with Crippen molar-refractivity contribution in [3.63, 3.8) is 0 Å². The van der Waals surface area contributed by atoms with Crippen molar-refractivity contribution >= 4 is 11.6 Å². The van der Waals surface area contributed by atoms with Gasteiger partial charge in [-0.25, -0.2) is 0 Å². The van der Waals surface area contributed by atoms with Crippen LogP contribution in [0, 0.1) is 0 Å². The second-order valence-corrected chi connectivity index (χ2v) is 5.79. The Kier molecular flexibility index (Phi) is 3.92. The number of hydrogen-bond donors (Lipinski definition) is 0. The van der Waals surface area contributed by atoms with Crippen molar-refractivity contribution in [3.05, 3.63) is 30.3 Å². The zero-order valence-corrected chi connectivity index (χ0v) is 12.2. The maximum Gasteiger partial charge on any atom is 0.240 e. The fourth-order valence-corrected chi connectivity index (χ4v) is 3.26. The molecule has 2 saturated heterocycles. The van der Waals surface area contributed by atoms with Crippen molar-refractivity contribution in [2.24, 2.45) is 0 Å². The minimum Gasteiger partial charge on any atom is -0.368 e. The first-order valence-corrected chi connectivity index (χ1v) is 7.55. The molecule has 1 unspecified atom stereocenters. The van der Waals surface area contributed by atoms with E-state index in [9.17, 15) is 4.79 Å². The lowest BCUT2D eigenvalue weighted by Gasteiger charge is -2.38. The Morgan fingerprint density at radius 3 is 2.35 bits per heavy atom. The summed E-state index contributed by atoms with van der Waals surface area (Å²) in [7, 11) is 2.07. The van der Waals surface area contributed by atoms with E-state index in [-0.39, 0.29) is 6.04 Å². The van der Waals surface area contributed by atoms with Gasteiger partial charge >= 0.3 is 0 Å². The Balaban J connectivity index is 1.57. The highest BCUT2D eigenvalue weighted by atomic mass is 16.2. The van der Waals surface area contributed by atoms with Gasteiger partial charge in [0.15, 0.2) is 0 Å². The lowest BCUT2D eigenvalue weighted by Crippen LogP contribution is -2.53. The highest BCUT2D eigenvalue weighted by molar-refractivity contribution is 5.82. The van der Waals surface area contributed by atoms with Crippen LogP contribution in [-0.2, 0) is 4.79 Å². The Bertz CT molecular complexity index is 454. The van der Waals surface area contributed by atoms with E-state index in [0.29, 0.717) is 5.91 Å². The molecule has 3 rings (SSSR count). The number of para-hydroxylation sites is 1. The predicted octanol–water partition coefficient (Wildman–Crippen LogP) is 1.43. The molecule has 2 aliphatic heterocycles. The van der Waals surface area contributed by atoms with E-state index in [1.807, 2.05) is 11.0 Å². The zero-order valence-electron chi connectivity index (χ0n) is 12.2. The third kappa shape index (κ3) is 2.66. The van der Waals surface area contributed by atoms with Gasteiger partial charge in [0.1, 0.15) is 0 Å². The molecule has 108 valence electrons. The van der Waals surface area contributed by atoms with Gasteiger partial charge in [-0.05, 0) is 38.6 Å². The first-order chi connectivity index (χ1) is 9.75. The van der Waals surface area contributed by atoms with Gasteiger partial charge in [0.25, 0.3) is 0 Å². The molecular weight excluding hydrogens is 250 g/mol. The number of amides is 1. The lowest BCUT2D eigenvalue weighted by atomic mass is 10.1. The molecule has 0 radical (unpaired) electrons. The number of hydrogen-bond acceptors (Lipinski definition) is 3. The fraction of sp³-hybridized carbons (Fsp3) is 0.562. The van der Waals surface area contributed by atoms with Crippen LogP contribution in [-0.4, -0.2) is 61.5 Å². The van der Waals surface area contributed by atoms with Crippen molar-refractivity contribution < 1.29 is 4.79 Å². The van der Waals surface area contributed by atoms with Crippen LogP contribution >= 0.6 is 0 Å². The first-order valence-electron chi connectivity index (χ1n) is 7.55. The second kappa shape index (κ2) is 5.83. The Labute approximate surface area is 121 Å². The molecule has 0 aromatic heterocycles. The van der Waals surface area contributed by atoms with Crippen LogP contribution in [0.25, 0.3) is 0 Å². The Morgan fingerprint density at radius 2 is 1.75 bits per heavy atom. The van der Waals surface area contributed by atoms with Crippen LogP contribution in [0.5, 0.6) is 0 Å². The maximum absolute atomic E-state index is 12.5. The van der Waals surface area contributed by atoms with Gasteiger partial charge in [-0.2, -0.15) is 0 Å². The van der Waals surface area contributed by atoms with E-state index < -0.39 is 0 Å². The van der Waals surface area contributed by atoms with Crippen molar-refractivity contribution in [2.45, 2.75) is 18.9 Å². The van der Waals surface area contributed by atoms with Crippen LogP contribution in [0.2, 0.25) is 0 Å². The molecule has 1 amide bonds.